The predicted molar refractivity (Wildman–Crippen MR) is 117 cm³/mol. The lowest BCUT2D eigenvalue weighted by atomic mass is 10.0. The van der Waals surface area contributed by atoms with Crippen LogP contribution in [0.1, 0.15) is 96.1 Å². The maximum absolute atomic E-state index is 3.45. The second-order valence-corrected chi connectivity index (χ2v) is 8.05. The highest BCUT2D eigenvalue weighted by Crippen LogP contribution is 2.15. The van der Waals surface area contributed by atoms with E-state index in [2.05, 4.69) is 60.1 Å². The van der Waals surface area contributed by atoms with Crippen LogP contribution in [0.15, 0.2) is 36.5 Å². The van der Waals surface area contributed by atoms with E-state index in [1.165, 1.54) is 107 Å². The number of nitrogens with one attached hydrogen (secondary N) is 1. The summed E-state index contributed by atoms with van der Waals surface area (Å²) in [5.41, 5.74) is 2.67. The van der Waals surface area contributed by atoms with Gasteiger partial charge in [-0.05, 0) is 18.6 Å². The Hall–Kier alpha value is -1.57. The van der Waals surface area contributed by atoms with Gasteiger partial charge in [-0.1, -0.05) is 102 Å². The van der Waals surface area contributed by atoms with Gasteiger partial charge in [0.25, 0.3) is 5.82 Å². The zero-order valence-corrected chi connectivity index (χ0v) is 17.8. The first kappa shape index (κ1) is 21.7. The Kier molecular flexibility index (Phi) is 10.9. The number of hydrogen-bond acceptors (Lipinski definition) is 0. The molecule has 1 N–H and O–H groups in total. The van der Waals surface area contributed by atoms with Gasteiger partial charge in [0, 0.05) is 6.42 Å². The molecule has 1 aromatic carbocycles. The largest absolute Gasteiger partial charge is 0.286 e. The minimum Gasteiger partial charge on any atom is -0.243 e. The lowest BCUT2D eigenvalue weighted by molar-refractivity contribution is -0.666. The number of aryl methyl sites for hydroxylation is 1. The maximum atomic E-state index is 3.45. The molecule has 2 aromatic rings. The quantitative estimate of drug-likeness (QED) is 0.254. The third-order valence-corrected chi connectivity index (χ3v) is 5.73. The molecule has 0 saturated carbocycles. The monoisotopic (exact) mass is 369 g/mol. The van der Waals surface area contributed by atoms with Crippen LogP contribution in [0.25, 0.3) is 11.4 Å². The zero-order chi connectivity index (χ0) is 19.2. The Morgan fingerprint density at radius 1 is 0.704 bits per heavy atom. The Labute approximate surface area is 167 Å². The number of aromatic amines is 1. The van der Waals surface area contributed by atoms with Crippen molar-refractivity contribution in [2.45, 2.75) is 96.8 Å². The van der Waals surface area contributed by atoms with Crippen LogP contribution in [0.2, 0.25) is 0 Å². The molecule has 0 aliphatic heterocycles. The van der Waals surface area contributed by atoms with Crippen molar-refractivity contribution in [3.63, 3.8) is 0 Å². The van der Waals surface area contributed by atoms with E-state index >= 15 is 0 Å². The van der Waals surface area contributed by atoms with Crippen LogP contribution in [0.5, 0.6) is 0 Å². The molecule has 2 nitrogen and oxygen atoms in total. The van der Waals surface area contributed by atoms with Gasteiger partial charge >= 0.3 is 0 Å². The third kappa shape index (κ3) is 8.32. The average Bonchev–Trinajstić information content (AvgIpc) is 3.06. The Morgan fingerprint density at radius 3 is 1.78 bits per heavy atom. The zero-order valence-electron chi connectivity index (χ0n) is 17.8. The standard InChI is InChI=1S/C25H40N2/c1-3-4-5-6-7-8-9-10-11-12-13-14-18-21-24-22-26-25(27(24)2)23-19-16-15-17-20-23/h15-17,19-20,22H,3-14,18,21H2,1-2H3/p+1. The molecule has 0 atom stereocenters. The van der Waals surface area contributed by atoms with Crippen molar-refractivity contribution in [2.24, 2.45) is 7.05 Å². The summed E-state index contributed by atoms with van der Waals surface area (Å²) in [6.07, 6.45) is 21.8. The molecule has 0 aliphatic carbocycles. The highest BCUT2D eigenvalue weighted by molar-refractivity contribution is 5.51. The van der Waals surface area contributed by atoms with Crippen molar-refractivity contribution in [1.29, 1.82) is 0 Å². The van der Waals surface area contributed by atoms with E-state index in [1.807, 2.05) is 0 Å². The molecule has 0 radical (unpaired) electrons. The van der Waals surface area contributed by atoms with Gasteiger partial charge in [-0.15, -0.1) is 0 Å². The molecule has 0 bridgehead atoms. The molecule has 2 rings (SSSR count). The first-order valence-corrected chi connectivity index (χ1v) is 11.4. The van der Waals surface area contributed by atoms with E-state index < -0.39 is 0 Å². The Balaban J connectivity index is 1.49. The molecule has 150 valence electrons. The van der Waals surface area contributed by atoms with Crippen molar-refractivity contribution >= 4 is 0 Å². The molecule has 1 aromatic heterocycles. The number of nitrogens with zero attached hydrogens (tertiary/aromatic N) is 1. The highest BCUT2D eigenvalue weighted by atomic mass is 15.1. The van der Waals surface area contributed by atoms with Crippen LogP contribution in [0, 0.1) is 0 Å². The van der Waals surface area contributed by atoms with Crippen LogP contribution >= 0.6 is 0 Å². The highest BCUT2D eigenvalue weighted by Gasteiger charge is 2.15. The van der Waals surface area contributed by atoms with Crippen molar-refractivity contribution in [3.05, 3.63) is 42.2 Å². The van der Waals surface area contributed by atoms with Gasteiger partial charge < -0.3 is 0 Å². The molecule has 0 saturated heterocycles. The summed E-state index contributed by atoms with van der Waals surface area (Å²) in [7, 11) is 2.18. The van der Waals surface area contributed by atoms with E-state index in [9.17, 15) is 0 Å². The van der Waals surface area contributed by atoms with E-state index in [0.29, 0.717) is 0 Å². The third-order valence-electron chi connectivity index (χ3n) is 5.73. The SMILES string of the molecule is CCCCCCCCCCCCCCCc1c[nH]c(-c2ccccc2)[n+]1C. The van der Waals surface area contributed by atoms with Gasteiger partial charge in [0.05, 0.1) is 12.6 Å². The van der Waals surface area contributed by atoms with Crippen LogP contribution < -0.4 is 4.57 Å². The van der Waals surface area contributed by atoms with Crippen molar-refractivity contribution in [1.82, 2.24) is 4.98 Å². The van der Waals surface area contributed by atoms with Crippen LogP contribution in [0.4, 0.5) is 0 Å². The molecular formula is C25H41N2+. The smallest absolute Gasteiger partial charge is 0.243 e. The minimum absolute atomic E-state index is 1.18. The van der Waals surface area contributed by atoms with Gasteiger partial charge in [0.2, 0.25) is 0 Å². The molecule has 0 aliphatic rings. The predicted octanol–water partition coefficient (Wildman–Crippen LogP) is 7.14. The number of rotatable bonds is 15. The normalized spacial score (nSPS) is 11.2. The van der Waals surface area contributed by atoms with Gasteiger partial charge in [0.1, 0.15) is 11.9 Å². The summed E-state index contributed by atoms with van der Waals surface area (Å²) in [5, 5.41) is 0. The molecule has 1 heterocycles. The molecule has 0 fully saturated rings. The number of imidazole rings is 1. The van der Waals surface area contributed by atoms with Gasteiger partial charge in [-0.25, -0.2) is 9.55 Å². The van der Waals surface area contributed by atoms with E-state index in [-0.39, 0.29) is 0 Å². The van der Waals surface area contributed by atoms with E-state index in [1.54, 1.807) is 0 Å². The summed E-state index contributed by atoms with van der Waals surface area (Å²) >= 11 is 0. The summed E-state index contributed by atoms with van der Waals surface area (Å²) in [5.74, 6) is 1.21. The Morgan fingerprint density at radius 2 is 1.22 bits per heavy atom. The average molecular weight is 370 g/mol. The van der Waals surface area contributed by atoms with Crippen LogP contribution in [0.3, 0.4) is 0 Å². The summed E-state index contributed by atoms with van der Waals surface area (Å²) in [6, 6.07) is 10.6. The fourth-order valence-corrected chi connectivity index (χ4v) is 3.93. The van der Waals surface area contributed by atoms with Crippen molar-refractivity contribution in [2.75, 3.05) is 0 Å². The van der Waals surface area contributed by atoms with Crippen LogP contribution in [-0.4, -0.2) is 4.98 Å². The fraction of sp³-hybridized carbons (Fsp3) is 0.640. The molecule has 2 heteroatoms. The van der Waals surface area contributed by atoms with Gasteiger partial charge in [0.15, 0.2) is 0 Å². The molecule has 0 spiro atoms. The summed E-state index contributed by atoms with van der Waals surface area (Å²) in [6.45, 7) is 2.29. The van der Waals surface area contributed by atoms with Gasteiger partial charge in [-0.2, -0.15) is 0 Å². The van der Waals surface area contributed by atoms with E-state index in [4.69, 9.17) is 0 Å². The molecular weight excluding hydrogens is 328 g/mol. The fourth-order valence-electron chi connectivity index (χ4n) is 3.93. The minimum atomic E-state index is 1.18. The maximum Gasteiger partial charge on any atom is 0.286 e. The van der Waals surface area contributed by atoms with Crippen molar-refractivity contribution in [3.8, 4) is 11.4 Å². The number of H-pyrrole nitrogens is 1. The lowest BCUT2D eigenvalue weighted by Crippen LogP contribution is -2.33. The second-order valence-electron chi connectivity index (χ2n) is 8.05. The molecule has 27 heavy (non-hydrogen) atoms. The number of unbranched alkanes of at least 4 members (excludes halogenated alkanes) is 12. The van der Waals surface area contributed by atoms with Gasteiger partial charge in [-0.3, -0.25) is 0 Å². The van der Waals surface area contributed by atoms with E-state index in [0.717, 1.165) is 0 Å². The Bertz CT molecular complexity index is 600. The first-order valence-electron chi connectivity index (χ1n) is 11.4. The second kappa shape index (κ2) is 13.6. The number of benzene rings is 1. The van der Waals surface area contributed by atoms with Crippen LogP contribution in [-0.2, 0) is 13.5 Å². The summed E-state index contributed by atoms with van der Waals surface area (Å²) < 4.78 is 2.32. The number of aromatic nitrogens is 2. The van der Waals surface area contributed by atoms with Crippen molar-refractivity contribution < 1.29 is 4.57 Å². The lowest BCUT2D eigenvalue weighted by Gasteiger charge is -2.03. The molecule has 0 unspecified atom stereocenters. The topological polar surface area (TPSA) is 19.7 Å². The first-order chi connectivity index (χ1) is 13.3. The number of hydrogen-bond donors (Lipinski definition) is 1. The molecule has 0 amide bonds. The summed E-state index contributed by atoms with van der Waals surface area (Å²) in [4.78, 5) is 3.45.